The zero-order valence-corrected chi connectivity index (χ0v) is 10.1. The predicted molar refractivity (Wildman–Crippen MR) is 68.1 cm³/mol. The summed E-state index contributed by atoms with van der Waals surface area (Å²) in [5.41, 5.74) is 2.13. The van der Waals surface area contributed by atoms with Crippen LogP contribution in [0.3, 0.4) is 0 Å². The smallest absolute Gasteiger partial charge is 0.124 e. The van der Waals surface area contributed by atoms with Crippen LogP contribution in [-0.4, -0.2) is 10.1 Å². The lowest BCUT2D eigenvalue weighted by Gasteiger charge is -1.93. The molecule has 4 heteroatoms. The van der Waals surface area contributed by atoms with Gasteiger partial charge in [-0.15, -0.1) is 11.3 Å². The van der Waals surface area contributed by atoms with Crippen LogP contribution in [0.25, 0.3) is 10.2 Å². The normalized spacial score (nSPS) is 11.1. The van der Waals surface area contributed by atoms with Crippen LogP contribution in [0.1, 0.15) is 17.1 Å². The quantitative estimate of drug-likeness (QED) is 0.705. The van der Waals surface area contributed by atoms with Gasteiger partial charge in [-0.3, -0.25) is 0 Å². The average Bonchev–Trinajstić information content (AvgIpc) is 2.96. The summed E-state index contributed by atoms with van der Waals surface area (Å²) in [5.74, 6) is 0. The van der Waals surface area contributed by atoms with E-state index in [0.29, 0.717) is 0 Å². The van der Waals surface area contributed by atoms with Gasteiger partial charge < -0.3 is 4.52 Å². The van der Waals surface area contributed by atoms with E-state index in [1.54, 1.807) is 17.6 Å². The van der Waals surface area contributed by atoms with E-state index in [1.807, 2.05) is 12.1 Å². The molecule has 0 aliphatic carbocycles. The highest BCUT2D eigenvalue weighted by molar-refractivity contribution is 7.18. The van der Waals surface area contributed by atoms with Crippen molar-refractivity contribution in [2.24, 2.45) is 0 Å². The van der Waals surface area contributed by atoms with E-state index in [9.17, 15) is 0 Å². The molecule has 0 fully saturated rings. The minimum absolute atomic E-state index is 0.951. The highest BCUT2D eigenvalue weighted by Gasteiger charge is 2.03. The second-order valence-electron chi connectivity index (χ2n) is 3.92. The van der Waals surface area contributed by atoms with Crippen molar-refractivity contribution in [2.75, 3.05) is 0 Å². The van der Waals surface area contributed by atoms with Crippen molar-refractivity contribution >= 4 is 21.6 Å². The van der Waals surface area contributed by atoms with E-state index in [2.05, 4.69) is 28.3 Å². The number of nitrogens with zero attached hydrogens (tertiary/aromatic N) is 2. The second kappa shape index (κ2) is 4.67. The van der Waals surface area contributed by atoms with Gasteiger partial charge in [0.05, 0.1) is 20.9 Å². The van der Waals surface area contributed by atoms with Gasteiger partial charge in [0.25, 0.3) is 0 Å². The minimum Gasteiger partial charge on any atom is -0.365 e. The number of hydrogen-bond donors (Lipinski definition) is 0. The molecule has 3 aromatic rings. The number of hydrogen-bond acceptors (Lipinski definition) is 4. The summed E-state index contributed by atoms with van der Waals surface area (Å²) in [6.45, 7) is 0. The lowest BCUT2D eigenvalue weighted by atomic mass is 10.2. The molecule has 0 radical (unpaired) electrons. The summed E-state index contributed by atoms with van der Waals surface area (Å²) >= 11 is 1.78. The molecule has 1 aromatic carbocycles. The first kappa shape index (κ1) is 10.5. The Bertz CT molecular complexity index is 568. The van der Waals surface area contributed by atoms with Crippen LogP contribution in [0.4, 0.5) is 0 Å². The third-order valence-corrected chi connectivity index (χ3v) is 3.75. The van der Waals surface area contributed by atoms with Crippen LogP contribution in [0.15, 0.2) is 41.1 Å². The van der Waals surface area contributed by atoms with E-state index in [0.717, 1.165) is 30.5 Å². The fourth-order valence-electron chi connectivity index (χ4n) is 1.81. The Hall–Kier alpha value is -1.68. The summed E-state index contributed by atoms with van der Waals surface area (Å²) in [4.78, 5) is 4.61. The van der Waals surface area contributed by atoms with Gasteiger partial charge in [0, 0.05) is 6.07 Å². The Balaban J connectivity index is 1.65. The van der Waals surface area contributed by atoms with Crippen LogP contribution in [0, 0.1) is 0 Å². The molecule has 0 saturated carbocycles. The van der Waals surface area contributed by atoms with Crippen molar-refractivity contribution in [2.45, 2.75) is 19.3 Å². The number of thiazole rings is 1. The Kier molecular flexibility index (Phi) is 2.88. The number of fused-ring (bicyclic) bond motifs is 1. The van der Waals surface area contributed by atoms with Gasteiger partial charge in [0.15, 0.2) is 0 Å². The number of rotatable bonds is 4. The molecule has 0 bridgehead atoms. The summed E-state index contributed by atoms with van der Waals surface area (Å²) in [6.07, 6.45) is 4.64. The molecular weight excluding hydrogens is 232 g/mol. The molecule has 17 heavy (non-hydrogen) atoms. The topological polar surface area (TPSA) is 38.9 Å². The Labute approximate surface area is 103 Å². The summed E-state index contributed by atoms with van der Waals surface area (Å²) < 4.78 is 6.07. The van der Waals surface area contributed by atoms with E-state index in [1.165, 1.54) is 9.71 Å². The van der Waals surface area contributed by atoms with Gasteiger partial charge >= 0.3 is 0 Å². The molecule has 0 unspecified atom stereocenters. The van der Waals surface area contributed by atoms with Crippen molar-refractivity contribution in [3.63, 3.8) is 0 Å². The van der Waals surface area contributed by atoms with Gasteiger partial charge in [0.2, 0.25) is 0 Å². The molecule has 0 aliphatic rings. The minimum atomic E-state index is 0.951. The SMILES string of the molecule is c1ccc2sc(CCCc3ccon3)nc2c1. The fourth-order valence-corrected chi connectivity index (χ4v) is 2.82. The number of benzene rings is 1. The lowest BCUT2D eigenvalue weighted by Crippen LogP contribution is -1.89. The van der Waals surface area contributed by atoms with Crippen molar-refractivity contribution in [1.82, 2.24) is 10.1 Å². The molecule has 0 saturated heterocycles. The van der Waals surface area contributed by atoms with Crippen molar-refractivity contribution in [1.29, 1.82) is 0 Å². The van der Waals surface area contributed by atoms with Crippen LogP contribution >= 0.6 is 11.3 Å². The summed E-state index contributed by atoms with van der Waals surface area (Å²) in [5, 5.41) is 5.10. The Morgan fingerprint density at radius 2 is 2.06 bits per heavy atom. The van der Waals surface area contributed by atoms with Crippen molar-refractivity contribution in [3.8, 4) is 0 Å². The monoisotopic (exact) mass is 244 g/mol. The molecule has 3 rings (SSSR count). The van der Waals surface area contributed by atoms with Gasteiger partial charge in [-0.05, 0) is 31.4 Å². The largest absolute Gasteiger partial charge is 0.365 e. The first-order valence-electron chi connectivity index (χ1n) is 5.65. The molecular formula is C13H12N2OS. The highest BCUT2D eigenvalue weighted by Crippen LogP contribution is 2.22. The lowest BCUT2D eigenvalue weighted by molar-refractivity contribution is 0.411. The molecule has 2 heterocycles. The maximum absolute atomic E-state index is 4.80. The van der Waals surface area contributed by atoms with E-state index in [-0.39, 0.29) is 0 Å². The molecule has 3 nitrogen and oxygen atoms in total. The highest BCUT2D eigenvalue weighted by atomic mass is 32.1. The van der Waals surface area contributed by atoms with Crippen LogP contribution in [-0.2, 0) is 12.8 Å². The molecule has 0 atom stereocenters. The van der Waals surface area contributed by atoms with Gasteiger partial charge in [0.1, 0.15) is 6.26 Å². The van der Waals surface area contributed by atoms with Gasteiger partial charge in [-0.1, -0.05) is 17.3 Å². The third-order valence-electron chi connectivity index (χ3n) is 2.65. The number of aromatic nitrogens is 2. The molecule has 0 spiro atoms. The number of para-hydroxylation sites is 1. The van der Waals surface area contributed by atoms with E-state index >= 15 is 0 Å². The van der Waals surface area contributed by atoms with E-state index < -0.39 is 0 Å². The van der Waals surface area contributed by atoms with Crippen molar-refractivity contribution < 1.29 is 4.52 Å². The van der Waals surface area contributed by atoms with Crippen LogP contribution < -0.4 is 0 Å². The Morgan fingerprint density at radius 1 is 1.12 bits per heavy atom. The zero-order valence-electron chi connectivity index (χ0n) is 9.30. The number of aryl methyl sites for hydroxylation is 2. The second-order valence-corrected chi connectivity index (χ2v) is 5.03. The van der Waals surface area contributed by atoms with Crippen LogP contribution in [0.2, 0.25) is 0 Å². The Morgan fingerprint density at radius 3 is 2.88 bits per heavy atom. The molecule has 0 N–H and O–H groups in total. The van der Waals surface area contributed by atoms with E-state index in [4.69, 9.17) is 4.52 Å². The molecule has 0 amide bonds. The fraction of sp³-hybridized carbons (Fsp3) is 0.231. The molecule has 0 aliphatic heterocycles. The zero-order chi connectivity index (χ0) is 11.5. The van der Waals surface area contributed by atoms with Crippen LogP contribution in [0.5, 0.6) is 0 Å². The first-order valence-corrected chi connectivity index (χ1v) is 6.47. The van der Waals surface area contributed by atoms with Crippen molar-refractivity contribution in [3.05, 3.63) is 47.3 Å². The standard InChI is InChI=1S/C13H12N2OS/c1-2-6-12-11(5-1)14-13(17-12)7-3-4-10-8-9-16-15-10/h1-2,5-6,8-9H,3-4,7H2. The maximum atomic E-state index is 4.80. The maximum Gasteiger partial charge on any atom is 0.124 e. The summed E-state index contributed by atoms with van der Waals surface area (Å²) in [7, 11) is 0. The predicted octanol–water partition coefficient (Wildman–Crippen LogP) is 3.46. The molecule has 86 valence electrons. The average molecular weight is 244 g/mol. The van der Waals surface area contributed by atoms with Gasteiger partial charge in [-0.25, -0.2) is 4.98 Å². The molecule has 2 aromatic heterocycles. The summed E-state index contributed by atoms with van der Waals surface area (Å²) in [6, 6.07) is 10.2. The first-order chi connectivity index (χ1) is 8.42. The third kappa shape index (κ3) is 2.36. The van der Waals surface area contributed by atoms with Gasteiger partial charge in [-0.2, -0.15) is 0 Å².